The number of amides is 1. The molecule has 0 aromatic rings. The molecule has 0 aromatic carbocycles. The van der Waals surface area contributed by atoms with Crippen molar-refractivity contribution >= 4 is 5.91 Å². The lowest BCUT2D eigenvalue weighted by atomic mass is 9.96. The number of nitrogens with one attached hydrogen (secondary N) is 2. The van der Waals surface area contributed by atoms with Crippen LogP contribution in [0, 0.1) is 0 Å². The molecule has 56 valence electrons. The summed E-state index contributed by atoms with van der Waals surface area (Å²) >= 11 is 0. The summed E-state index contributed by atoms with van der Waals surface area (Å²) < 4.78 is 5.04. The van der Waals surface area contributed by atoms with Gasteiger partial charge in [0.05, 0.1) is 25.3 Å². The van der Waals surface area contributed by atoms with E-state index in [0.29, 0.717) is 13.1 Å². The zero-order valence-corrected chi connectivity index (χ0v) is 5.64. The molecule has 1 amide bonds. The van der Waals surface area contributed by atoms with Gasteiger partial charge in [-0.15, -0.1) is 0 Å². The first kappa shape index (κ1) is 6.12. The molecular weight excluding hydrogens is 132 g/mol. The average Bonchev–Trinajstić information content (AvgIpc) is 1.86. The third kappa shape index (κ3) is 0.803. The predicted octanol–water partition coefficient (Wildman–Crippen LogP) is -1.53. The average molecular weight is 142 g/mol. The Kier molecular flexibility index (Phi) is 1.18. The summed E-state index contributed by atoms with van der Waals surface area (Å²) in [6.07, 6.45) is 0. The third-order valence-corrected chi connectivity index (χ3v) is 2.00. The Morgan fingerprint density at radius 1 is 1.50 bits per heavy atom. The van der Waals surface area contributed by atoms with Crippen LogP contribution in [0.4, 0.5) is 0 Å². The van der Waals surface area contributed by atoms with Crippen LogP contribution in [0.15, 0.2) is 0 Å². The van der Waals surface area contributed by atoms with Crippen molar-refractivity contribution in [1.82, 2.24) is 10.6 Å². The lowest BCUT2D eigenvalue weighted by molar-refractivity contribution is -0.130. The van der Waals surface area contributed by atoms with Crippen molar-refractivity contribution in [3.63, 3.8) is 0 Å². The van der Waals surface area contributed by atoms with Crippen molar-refractivity contribution < 1.29 is 9.53 Å². The molecule has 2 rings (SSSR count). The van der Waals surface area contributed by atoms with Gasteiger partial charge in [0.1, 0.15) is 0 Å². The van der Waals surface area contributed by atoms with E-state index in [1.165, 1.54) is 0 Å². The van der Waals surface area contributed by atoms with Crippen LogP contribution in [0.5, 0.6) is 0 Å². The van der Waals surface area contributed by atoms with Gasteiger partial charge in [-0.3, -0.25) is 10.1 Å². The second-order valence-corrected chi connectivity index (χ2v) is 2.90. The molecule has 0 saturated carbocycles. The summed E-state index contributed by atoms with van der Waals surface area (Å²) in [5, 5.41) is 5.94. The molecule has 10 heavy (non-hydrogen) atoms. The van der Waals surface area contributed by atoms with Crippen LogP contribution in [0.1, 0.15) is 0 Å². The highest BCUT2D eigenvalue weighted by Crippen LogP contribution is 2.16. The fourth-order valence-electron chi connectivity index (χ4n) is 1.21. The van der Waals surface area contributed by atoms with Gasteiger partial charge in [-0.1, -0.05) is 0 Å². The molecule has 4 nitrogen and oxygen atoms in total. The molecule has 2 saturated heterocycles. The Labute approximate surface area is 58.9 Å². The van der Waals surface area contributed by atoms with Crippen LogP contribution in [0.2, 0.25) is 0 Å². The molecule has 0 bridgehead atoms. The Morgan fingerprint density at radius 3 is 2.70 bits per heavy atom. The Morgan fingerprint density at radius 2 is 2.30 bits per heavy atom. The lowest BCUT2D eigenvalue weighted by Crippen LogP contribution is -2.70. The SMILES string of the molecule is O=C1CNC2(CN1)COC2. The summed E-state index contributed by atoms with van der Waals surface area (Å²) in [5.74, 6) is 0.0810. The van der Waals surface area contributed by atoms with Crippen molar-refractivity contribution in [2.45, 2.75) is 5.54 Å². The van der Waals surface area contributed by atoms with E-state index < -0.39 is 0 Å². The number of hydrogen-bond donors (Lipinski definition) is 2. The molecule has 2 N–H and O–H groups in total. The van der Waals surface area contributed by atoms with Gasteiger partial charge in [-0.05, 0) is 0 Å². The van der Waals surface area contributed by atoms with Crippen LogP contribution >= 0.6 is 0 Å². The van der Waals surface area contributed by atoms with Gasteiger partial charge in [0.25, 0.3) is 0 Å². The van der Waals surface area contributed by atoms with Gasteiger partial charge in [0, 0.05) is 6.54 Å². The molecule has 2 fully saturated rings. The molecule has 2 heterocycles. The Hall–Kier alpha value is -0.610. The zero-order chi connectivity index (χ0) is 7.03. The van der Waals surface area contributed by atoms with Gasteiger partial charge < -0.3 is 10.1 Å². The van der Waals surface area contributed by atoms with E-state index >= 15 is 0 Å². The van der Waals surface area contributed by atoms with E-state index in [1.807, 2.05) is 0 Å². The maximum atomic E-state index is 10.7. The lowest BCUT2D eigenvalue weighted by Gasteiger charge is -2.44. The number of hydrogen-bond acceptors (Lipinski definition) is 3. The molecule has 2 aliphatic heterocycles. The predicted molar refractivity (Wildman–Crippen MR) is 34.6 cm³/mol. The molecule has 0 aromatic heterocycles. The topological polar surface area (TPSA) is 50.4 Å². The van der Waals surface area contributed by atoms with Crippen molar-refractivity contribution in [3.05, 3.63) is 0 Å². The minimum atomic E-state index is 0.0773. The highest BCUT2D eigenvalue weighted by molar-refractivity contribution is 5.79. The molecule has 1 spiro atoms. The molecule has 0 radical (unpaired) electrons. The number of carbonyl (C=O) groups excluding carboxylic acids is 1. The Balaban J connectivity index is 1.96. The summed E-state index contributed by atoms with van der Waals surface area (Å²) in [6, 6.07) is 0. The van der Waals surface area contributed by atoms with Crippen LogP contribution in [-0.2, 0) is 9.53 Å². The van der Waals surface area contributed by atoms with Crippen molar-refractivity contribution in [2.75, 3.05) is 26.3 Å². The number of piperazine rings is 1. The van der Waals surface area contributed by atoms with E-state index in [-0.39, 0.29) is 11.4 Å². The van der Waals surface area contributed by atoms with E-state index in [1.54, 1.807) is 0 Å². The molecular formula is C6H10N2O2. The molecule has 0 atom stereocenters. The van der Waals surface area contributed by atoms with Gasteiger partial charge in [-0.2, -0.15) is 0 Å². The maximum absolute atomic E-state index is 10.7. The van der Waals surface area contributed by atoms with Crippen LogP contribution < -0.4 is 10.6 Å². The van der Waals surface area contributed by atoms with Crippen molar-refractivity contribution in [2.24, 2.45) is 0 Å². The minimum absolute atomic E-state index is 0.0773. The number of rotatable bonds is 0. The van der Waals surface area contributed by atoms with E-state index in [9.17, 15) is 4.79 Å². The fourth-order valence-corrected chi connectivity index (χ4v) is 1.21. The van der Waals surface area contributed by atoms with Gasteiger partial charge in [0.2, 0.25) is 5.91 Å². The van der Waals surface area contributed by atoms with E-state index in [4.69, 9.17) is 4.74 Å². The smallest absolute Gasteiger partial charge is 0.234 e. The standard InChI is InChI=1S/C6H10N2O2/c9-5-1-8-6(2-7-5)3-10-4-6/h8H,1-4H2,(H,7,9). The largest absolute Gasteiger partial charge is 0.377 e. The number of carbonyl (C=O) groups is 1. The zero-order valence-electron chi connectivity index (χ0n) is 5.64. The van der Waals surface area contributed by atoms with Gasteiger partial charge in [0.15, 0.2) is 0 Å². The van der Waals surface area contributed by atoms with E-state index in [2.05, 4.69) is 10.6 Å². The van der Waals surface area contributed by atoms with Gasteiger partial charge in [-0.25, -0.2) is 0 Å². The summed E-state index contributed by atoms with van der Waals surface area (Å²) in [4.78, 5) is 10.7. The molecule has 0 aliphatic carbocycles. The van der Waals surface area contributed by atoms with Crippen LogP contribution in [0.3, 0.4) is 0 Å². The summed E-state index contributed by atoms with van der Waals surface area (Å²) in [5.41, 5.74) is 0.0773. The molecule has 4 heteroatoms. The van der Waals surface area contributed by atoms with Crippen molar-refractivity contribution in [3.8, 4) is 0 Å². The minimum Gasteiger partial charge on any atom is -0.377 e. The summed E-state index contributed by atoms with van der Waals surface area (Å²) in [6.45, 7) is 2.61. The Bertz CT molecular complexity index is 153. The fraction of sp³-hybridized carbons (Fsp3) is 0.833. The summed E-state index contributed by atoms with van der Waals surface area (Å²) in [7, 11) is 0. The van der Waals surface area contributed by atoms with E-state index in [0.717, 1.165) is 13.2 Å². The van der Waals surface area contributed by atoms with Crippen molar-refractivity contribution in [1.29, 1.82) is 0 Å². The molecule has 2 aliphatic rings. The highest BCUT2D eigenvalue weighted by Gasteiger charge is 2.40. The second kappa shape index (κ2) is 1.93. The van der Waals surface area contributed by atoms with Gasteiger partial charge >= 0.3 is 0 Å². The molecule has 0 unspecified atom stereocenters. The number of ether oxygens (including phenoxy) is 1. The second-order valence-electron chi connectivity index (χ2n) is 2.90. The normalized spacial score (nSPS) is 29.4. The first-order valence-electron chi connectivity index (χ1n) is 3.40. The maximum Gasteiger partial charge on any atom is 0.234 e. The van der Waals surface area contributed by atoms with Crippen LogP contribution in [0.25, 0.3) is 0 Å². The third-order valence-electron chi connectivity index (χ3n) is 2.00. The first-order chi connectivity index (χ1) is 4.81. The van der Waals surface area contributed by atoms with Crippen LogP contribution in [-0.4, -0.2) is 37.7 Å². The highest BCUT2D eigenvalue weighted by atomic mass is 16.5. The first-order valence-corrected chi connectivity index (χ1v) is 3.40. The quantitative estimate of drug-likeness (QED) is 0.431. The monoisotopic (exact) mass is 142 g/mol.